The average Bonchev–Trinajstić information content (AvgIpc) is 2.72. The van der Waals surface area contributed by atoms with Crippen molar-refractivity contribution in [2.45, 2.75) is 13.5 Å². The van der Waals surface area contributed by atoms with Crippen LogP contribution in [0.5, 0.6) is 0 Å². The first kappa shape index (κ1) is 20.1. The van der Waals surface area contributed by atoms with Crippen molar-refractivity contribution in [3.63, 3.8) is 0 Å². The van der Waals surface area contributed by atoms with Crippen LogP contribution >= 0.6 is 11.6 Å². The normalized spacial score (nSPS) is 14.7. The quantitative estimate of drug-likeness (QED) is 0.589. The molecule has 1 aliphatic rings. The SMILES string of the molecule is CCN1CCN(C(=O)c2ccc(NCc3ccccc3Cl)c([N+](=O)[O-])c2)CC1. The molecule has 28 heavy (non-hydrogen) atoms. The number of amides is 1. The maximum absolute atomic E-state index is 12.8. The number of nitrogens with one attached hydrogen (secondary N) is 1. The Kier molecular flexibility index (Phi) is 6.49. The number of halogens is 1. The van der Waals surface area contributed by atoms with Gasteiger partial charge in [0.05, 0.1) is 4.92 Å². The van der Waals surface area contributed by atoms with Crippen LogP contribution in [0.4, 0.5) is 11.4 Å². The van der Waals surface area contributed by atoms with E-state index in [0.717, 1.165) is 25.2 Å². The summed E-state index contributed by atoms with van der Waals surface area (Å²) in [5.74, 6) is -0.170. The van der Waals surface area contributed by atoms with Crippen molar-refractivity contribution in [1.29, 1.82) is 0 Å². The number of likely N-dealkylation sites (N-methyl/N-ethyl adjacent to an activating group) is 1. The van der Waals surface area contributed by atoms with Gasteiger partial charge in [-0.2, -0.15) is 0 Å². The van der Waals surface area contributed by atoms with Gasteiger partial charge < -0.3 is 15.1 Å². The fourth-order valence-electron chi connectivity index (χ4n) is 3.25. The molecule has 1 N–H and O–H groups in total. The molecule has 7 nitrogen and oxygen atoms in total. The van der Waals surface area contributed by atoms with Gasteiger partial charge in [-0.25, -0.2) is 0 Å². The van der Waals surface area contributed by atoms with Gasteiger partial charge >= 0.3 is 0 Å². The van der Waals surface area contributed by atoms with E-state index in [1.165, 1.54) is 6.07 Å². The summed E-state index contributed by atoms with van der Waals surface area (Å²) in [5, 5.41) is 15.2. The zero-order valence-corrected chi connectivity index (χ0v) is 16.5. The topological polar surface area (TPSA) is 78.7 Å². The highest BCUT2D eigenvalue weighted by Crippen LogP contribution is 2.27. The predicted molar refractivity (Wildman–Crippen MR) is 110 cm³/mol. The Labute approximate surface area is 169 Å². The summed E-state index contributed by atoms with van der Waals surface area (Å²) < 4.78 is 0. The lowest BCUT2D eigenvalue weighted by Crippen LogP contribution is -2.48. The number of hydrogen-bond donors (Lipinski definition) is 1. The second-order valence-electron chi connectivity index (χ2n) is 6.66. The van der Waals surface area contributed by atoms with Crippen LogP contribution in [0.1, 0.15) is 22.8 Å². The van der Waals surface area contributed by atoms with Gasteiger partial charge in [0.25, 0.3) is 11.6 Å². The summed E-state index contributed by atoms with van der Waals surface area (Å²) in [6, 6.07) is 11.9. The summed E-state index contributed by atoms with van der Waals surface area (Å²) in [4.78, 5) is 27.8. The maximum Gasteiger partial charge on any atom is 0.293 e. The fourth-order valence-corrected chi connectivity index (χ4v) is 3.45. The first-order valence-corrected chi connectivity index (χ1v) is 9.64. The van der Waals surface area contributed by atoms with Crippen LogP contribution in [-0.2, 0) is 6.54 Å². The molecule has 8 heteroatoms. The van der Waals surface area contributed by atoms with Crippen molar-refractivity contribution < 1.29 is 9.72 Å². The zero-order valence-electron chi connectivity index (χ0n) is 15.7. The third-order valence-corrected chi connectivity index (χ3v) is 5.34. The smallest absolute Gasteiger partial charge is 0.293 e. The van der Waals surface area contributed by atoms with Crippen LogP contribution < -0.4 is 5.32 Å². The number of carbonyl (C=O) groups is 1. The molecule has 3 rings (SSSR count). The molecule has 0 radical (unpaired) electrons. The molecule has 2 aromatic carbocycles. The highest BCUT2D eigenvalue weighted by Gasteiger charge is 2.24. The number of rotatable bonds is 6. The molecule has 0 atom stereocenters. The lowest BCUT2D eigenvalue weighted by atomic mass is 10.1. The number of nitro groups is 1. The molecule has 1 fully saturated rings. The molecule has 1 aliphatic heterocycles. The molecule has 0 bridgehead atoms. The van der Waals surface area contributed by atoms with E-state index in [-0.39, 0.29) is 11.6 Å². The zero-order chi connectivity index (χ0) is 20.1. The van der Waals surface area contributed by atoms with Gasteiger partial charge in [-0.1, -0.05) is 36.7 Å². The first-order chi connectivity index (χ1) is 13.5. The van der Waals surface area contributed by atoms with Crippen molar-refractivity contribution in [1.82, 2.24) is 9.80 Å². The number of nitrogens with zero attached hydrogens (tertiary/aromatic N) is 3. The van der Waals surface area contributed by atoms with Gasteiger partial charge in [0, 0.05) is 49.4 Å². The third kappa shape index (κ3) is 4.61. The second kappa shape index (κ2) is 9.03. The molecule has 0 saturated carbocycles. The Hall–Kier alpha value is -2.64. The molecule has 1 heterocycles. The van der Waals surface area contributed by atoms with E-state index in [4.69, 9.17) is 11.6 Å². The molecule has 1 amide bonds. The second-order valence-corrected chi connectivity index (χ2v) is 7.07. The van der Waals surface area contributed by atoms with Crippen LogP contribution in [-0.4, -0.2) is 53.4 Å². The largest absolute Gasteiger partial charge is 0.375 e. The standard InChI is InChI=1S/C20H23ClN4O3/c1-2-23-9-11-24(12-10-23)20(26)15-7-8-18(19(13-15)25(27)28)22-14-16-5-3-4-6-17(16)21/h3-8,13,22H,2,9-12,14H2,1H3. The van der Waals surface area contributed by atoms with Crippen molar-refractivity contribution in [3.8, 4) is 0 Å². The van der Waals surface area contributed by atoms with Crippen molar-refractivity contribution in [3.05, 3.63) is 68.7 Å². The van der Waals surface area contributed by atoms with Gasteiger partial charge in [0.1, 0.15) is 5.69 Å². The van der Waals surface area contributed by atoms with Crippen LogP contribution in [0, 0.1) is 10.1 Å². The highest BCUT2D eigenvalue weighted by atomic mass is 35.5. The van der Waals surface area contributed by atoms with Crippen molar-refractivity contribution in [2.24, 2.45) is 0 Å². The van der Waals surface area contributed by atoms with Crippen LogP contribution in [0.3, 0.4) is 0 Å². The first-order valence-electron chi connectivity index (χ1n) is 9.27. The van der Waals surface area contributed by atoms with Crippen LogP contribution in [0.25, 0.3) is 0 Å². The van der Waals surface area contributed by atoms with Gasteiger partial charge in [-0.3, -0.25) is 14.9 Å². The summed E-state index contributed by atoms with van der Waals surface area (Å²) in [7, 11) is 0. The Bertz CT molecular complexity index is 866. The van der Waals surface area contributed by atoms with Gasteiger partial charge in [0.15, 0.2) is 0 Å². The number of carbonyl (C=O) groups excluding carboxylic acids is 1. The van der Waals surface area contributed by atoms with Crippen molar-refractivity contribution >= 4 is 28.9 Å². The van der Waals surface area contributed by atoms with E-state index in [9.17, 15) is 14.9 Å². The molecular formula is C20H23ClN4O3. The van der Waals surface area contributed by atoms with Crippen LogP contribution in [0.15, 0.2) is 42.5 Å². The van der Waals surface area contributed by atoms with E-state index in [1.54, 1.807) is 23.1 Å². The van der Waals surface area contributed by atoms with Gasteiger partial charge in [-0.15, -0.1) is 0 Å². The van der Waals surface area contributed by atoms with Gasteiger partial charge in [0.2, 0.25) is 0 Å². The van der Waals surface area contributed by atoms with E-state index in [0.29, 0.717) is 35.9 Å². The van der Waals surface area contributed by atoms with Gasteiger partial charge in [-0.05, 0) is 30.3 Å². The average molecular weight is 403 g/mol. The predicted octanol–water partition coefficient (Wildman–Crippen LogP) is 3.64. The van der Waals surface area contributed by atoms with E-state index >= 15 is 0 Å². The monoisotopic (exact) mass is 402 g/mol. The molecule has 0 aromatic heterocycles. The minimum Gasteiger partial charge on any atom is -0.375 e. The van der Waals surface area contributed by atoms with E-state index in [2.05, 4.69) is 17.1 Å². The Morgan fingerprint density at radius 3 is 2.54 bits per heavy atom. The van der Waals surface area contributed by atoms with Crippen molar-refractivity contribution in [2.75, 3.05) is 38.0 Å². The minimum atomic E-state index is -0.471. The number of benzene rings is 2. The summed E-state index contributed by atoms with van der Waals surface area (Å²) in [6.07, 6.45) is 0. The Morgan fingerprint density at radius 2 is 1.89 bits per heavy atom. The molecule has 0 unspecified atom stereocenters. The fraction of sp³-hybridized carbons (Fsp3) is 0.350. The van der Waals surface area contributed by atoms with Crippen LogP contribution in [0.2, 0.25) is 5.02 Å². The highest BCUT2D eigenvalue weighted by molar-refractivity contribution is 6.31. The number of hydrogen-bond acceptors (Lipinski definition) is 5. The number of piperazine rings is 1. The molecule has 148 valence electrons. The molecule has 1 saturated heterocycles. The minimum absolute atomic E-state index is 0.120. The Balaban J connectivity index is 1.75. The lowest BCUT2D eigenvalue weighted by Gasteiger charge is -2.34. The molecule has 0 aliphatic carbocycles. The number of nitro benzene ring substituents is 1. The maximum atomic E-state index is 12.8. The lowest BCUT2D eigenvalue weighted by molar-refractivity contribution is -0.384. The summed E-state index contributed by atoms with van der Waals surface area (Å²) in [5.41, 5.74) is 1.41. The molecule has 2 aromatic rings. The molecule has 0 spiro atoms. The molecular weight excluding hydrogens is 380 g/mol. The number of anilines is 1. The summed E-state index contributed by atoms with van der Waals surface area (Å²) >= 11 is 6.14. The Morgan fingerprint density at radius 1 is 1.18 bits per heavy atom. The summed E-state index contributed by atoms with van der Waals surface area (Å²) in [6.45, 7) is 6.31. The van der Waals surface area contributed by atoms with E-state index in [1.807, 2.05) is 18.2 Å². The van der Waals surface area contributed by atoms with E-state index < -0.39 is 4.92 Å². The third-order valence-electron chi connectivity index (χ3n) is 4.98.